The molecule has 6 nitrogen and oxygen atoms in total. The molecule has 0 aromatic heterocycles. The number of benzene rings is 1. The van der Waals surface area contributed by atoms with Crippen molar-refractivity contribution in [2.24, 2.45) is 5.73 Å². The summed E-state index contributed by atoms with van der Waals surface area (Å²) in [5, 5.41) is 10.8. The second-order valence-corrected chi connectivity index (χ2v) is 6.11. The Morgan fingerprint density at radius 3 is 2.29 bits per heavy atom. The van der Waals surface area contributed by atoms with E-state index < -0.39 is 35.0 Å². The van der Waals surface area contributed by atoms with Gasteiger partial charge < -0.3 is 15.0 Å². The minimum Gasteiger partial charge on any atom is -0.402 e. The van der Waals surface area contributed by atoms with Gasteiger partial charge in [0.15, 0.2) is 0 Å². The normalized spacial score (nSPS) is 21.3. The highest BCUT2D eigenvalue weighted by molar-refractivity contribution is 6.47. The van der Waals surface area contributed by atoms with Crippen LogP contribution < -0.4 is 5.73 Å². The van der Waals surface area contributed by atoms with Gasteiger partial charge in [0.05, 0.1) is 22.1 Å². The number of rotatable bonds is 3. The van der Waals surface area contributed by atoms with Crippen LogP contribution in [0.2, 0.25) is 0 Å². The molecule has 1 aromatic rings. The van der Waals surface area contributed by atoms with Crippen LogP contribution in [0.5, 0.6) is 0 Å². The lowest BCUT2D eigenvalue weighted by atomic mass is 9.74. The van der Waals surface area contributed by atoms with Gasteiger partial charge in [0.2, 0.25) is 0 Å². The summed E-state index contributed by atoms with van der Waals surface area (Å²) in [4.78, 5) is 10.2. The van der Waals surface area contributed by atoms with Crippen molar-refractivity contribution in [3.8, 4) is 0 Å². The first-order chi connectivity index (χ1) is 9.55. The van der Waals surface area contributed by atoms with Crippen LogP contribution in [0.1, 0.15) is 39.2 Å². The Labute approximate surface area is 122 Å². The molecule has 0 amide bonds. The van der Waals surface area contributed by atoms with Crippen LogP contribution in [-0.2, 0) is 9.31 Å². The van der Waals surface area contributed by atoms with Gasteiger partial charge >= 0.3 is 7.12 Å². The molecule has 1 atom stereocenters. The predicted molar refractivity (Wildman–Crippen MR) is 76.1 cm³/mol. The molecule has 1 aliphatic heterocycles. The minimum atomic E-state index is -0.953. The number of hydrogen-bond donors (Lipinski definition) is 1. The Kier molecular flexibility index (Phi) is 3.81. The minimum absolute atomic E-state index is 0.00250. The summed E-state index contributed by atoms with van der Waals surface area (Å²) in [6.07, 6.45) is 0. The number of nitro groups is 1. The number of halogens is 1. The largest absolute Gasteiger partial charge is 0.480 e. The van der Waals surface area contributed by atoms with Crippen molar-refractivity contribution < 1.29 is 18.6 Å². The molecule has 0 saturated carbocycles. The van der Waals surface area contributed by atoms with E-state index in [2.05, 4.69) is 0 Å². The molecule has 2 rings (SSSR count). The first-order valence-electron chi connectivity index (χ1n) is 6.60. The molecule has 0 spiro atoms. The Morgan fingerprint density at radius 2 is 1.81 bits per heavy atom. The van der Waals surface area contributed by atoms with E-state index in [4.69, 9.17) is 15.0 Å². The number of hydrogen-bond acceptors (Lipinski definition) is 5. The van der Waals surface area contributed by atoms with E-state index in [-0.39, 0.29) is 11.3 Å². The molecule has 21 heavy (non-hydrogen) atoms. The third-order valence-electron chi connectivity index (χ3n) is 4.11. The summed E-state index contributed by atoms with van der Waals surface area (Å²) in [5.74, 6) is -1.58. The molecular weight excluding hydrogens is 278 g/mol. The van der Waals surface area contributed by atoms with Crippen molar-refractivity contribution in [1.29, 1.82) is 0 Å². The third-order valence-corrected chi connectivity index (χ3v) is 4.11. The highest BCUT2D eigenvalue weighted by Gasteiger charge is 2.53. The lowest BCUT2D eigenvalue weighted by Crippen LogP contribution is -2.41. The van der Waals surface area contributed by atoms with Crippen LogP contribution in [0.15, 0.2) is 18.2 Å². The molecule has 0 unspecified atom stereocenters. The van der Waals surface area contributed by atoms with Gasteiger partial charge in [-0.3, -0.25) is 10.1 Å². The molecule has 8 heteroatoms. The van der Waals surface area contributed by atoms with Gasteiger partial charge in [0.1, 0.15) is 5.82 Å². The van der Waals surface area contributed by atoms with Crippen LogP contribution in [0.25, 0.3) is 0 Å². The summed E-state index contributed by atoms with van der Waals surface area (Å²) in [6, 6.07) is 3.24. The maximum atomic E-state index is 13.9. The van der Waals surface area contributed by atoms with E-state index >= 15 is 0 Å². The highest BCUT2D eigenvalue weighted by Crippen LogP contribution is 2.40. The van der Waals surface area contributed by atoms with Crippen LogP contribution >= 0.6 is 0 Å². The summed E-state index contributed by atoms with van der Waals surface area (Å²) in [6.45, 7) is 7.40. The fourth-order valence-corrected chi connectivity index (χ4v) is 2.08. The van der Waals surface area contributed by atoms with Crippen molar-refractivity contribution >= 4 is 12.8 Å². The zero-order valence-corrected chi connectivity index (χ0v) is 12.4. The van der Waals surface area contributed by atoms with E-state index in [1.165, 1.54) is 0 Å². The first-order valence-corrected chi connectivity index (χ1v) is 6.60. The number of non-ortho nitro benzene ring substituents is 1. The Balaban J connectivity index is 2.31. The molecule has 0 bridgehead atoms. The van der Waals surface area contributed by atoms with Crippen LogP contribution in [-0.4, -0.2) is 23.2 Å². The SMILES string of the molecule is CC1(C)OB([C@H](N)c2cc([N+](=O)[O-])ccc2F)OC1(C)C. The van der Waals surface area contributed by atoms with Crippen LogP contribution in [0.4, 0.5) is 10.1 Å². The molecule has 1 aromatic carbocycles. The Hall–Kier alpha value is -1.51. The zero-order valence-electron chi connectivity index (χ0n) is 12.4. The van der Waals surface area contributed by atoms with E-state index in [1.54, 1.807) is 0 Å². The standard InChI is InChI=1S/C13H18BFN2O4/c1-12(2)13(3,4)21-14(20-12)11(16)9-7-8(17(18)19)5-6-10(9)15/h5-7,11H,16H2,1-4H3/t11-/m1/s1. The summed E-state index contributed by atoms with van der Waals surface area (Å²) >= 11 is 0. The van der Waals surface area contributed by atoms with E-state index in [9.17, 15) is 14.5 Å². The molecule has 0 radical (unpaired) electrons. The van der Waals surface area contributed by atoms with E-state index in [0.717, 1.165) is 18.2 Å². The van der Waals surface area contributed by atoms with Gasteiger partial charge in [0, 0.05) is 17.7 Å². The second kappa shape index (κ2) is 5.05. The fraction of sp³-hybridized carbons (Fsp3) is 0.538. The summed E-state index contributed by atoms with van der Waals surface area (Å²) in [7, 11) is -0.869. The quantitative estimate of drug-likeness (QED) is 0.525. The third kappa shape index (κ3) is 2.79. The number of nitrogens with two attached hydrogens (primary N) is 1. The lowest BCUT2D eigenvalue weighted by molar-refractivity contribution is -0.385. The second-order valence-electron chi connectivity index (χ2n) is 6.11. The van der Waals surface area contributed by atoms with Gasteiger partial charge in [-0.05, 0) is 33.8 Å². The molecule has 1 fully saturated rings. The van der Waals surface area contributed by atoms with Crippen molar-refractivity contribution in [3.05, 3.63) is 39.7 Å². The molecule has 114 valence electrons. The predicted octanol–water partition coefficient (Wildman–Crippen LogP) is 2.37. The first kappa shape index (κ1) is 15.9. The smallest absolute Gasteiger partial charge is 0.402 e. The zero-order chi connectivity index (χ0) is 16.0. The average molecular weight is 296 g/mol. The van der Waals surface area contributed by atoms with Gasteiger partial charge in [-0.2, -0.15) is 0 Å². The van der Waals surface area contributed by atoms with E-state index in [1.807, 2.05) is 27.7 Å². The van der Waals surface area contributed by atoms with E-state index in [0.29, 0.717) is 0 Å². The number of nitrogens with zero attached hydrogens (tertiary/aromatic N) is 1. The Morgan fingerprint density at radius 1 is 1.29 bits per heavy atom. The summed E-state index contributed by atoms with van der Waals surface area (Å²) < 4.78 is 25.4. The molecule has 0 aliphatic carbocycles. The van der Waals surface area contributed by atoms with Crippen molar-refractivity contribution in [2.75, 3.05) is 0 Å². The van der Waals surface area contributed by atoms with Crippen LogP contribution in [0.3, 0.4) is 0 Å². The lowest BCUT2D eigenvalue weighted by Gasteiger charge is -2.32. The van der Waals surface area contributed by atoms with Gasteiger partial charge in [-0.15, -0.1) is 0 Å². The fourth-order valence-electron chi connectivity index (χ4n) is 2.08. The van der Waals surface area contributed by atoms with Crippen molar-refractivity contribution in [3.63, 3.8) is 0 Å². The monoisotopic (exact) mass is 296 g/mol. The maximum Gasteiger partial charge on any atom is 0.480 e. The van der Waals surface area contributed by atoms with Gasteiger partial charge in [-0.1, -0.05) is 0 Å². The van der Waals surface area contributed by atoms with Gasteiger partial charge in [0.25, 0.3) is 5.69 Å². The van der Waals surface area contributed by atoms with Gasteiger partial charge in [-0.25, -0.2) is 4.39 Å². The van der Waals surface area contributed by atoms with Crippen molar-refractivity contribution in [1.82, 2.24) is 0 Å². The molecule has 1 aliphatic rings. The summed E-state index contributed by atoms with van der Waals surface area (Å²) in [5.41, 5.74) is 4.57. The van der Waals surface area contributed by atoms with Crippen LogP contribution in [0, 0.1) is 15.9 Å². The number of nitro benzene ring substituents is 1. The van der Waals surface area contributed by atoms with Crippen molar-refractivity contribution in [2.45, 2.75) is 44.8 Å². The maximum absolute atomic E-state index is 13.9. The average Bonchev–Trinajstić information content (AvgIpc) is 2.58. The highest BCUT2D eigenvalue weighted by atomic mass is 19.1. The Bertz CT molecular complexity index is 563. The molecular formula is C13H18BFN2O4. The molecule has 2 N–H and O–H groups in total. The molecule has 1 saturated heterocycles. The topological polar surface area (TPSA) is 87.6 Å². The molecule has 1 heterocycles.